The van der Waals surface area contributed by atoms with E-state index in [4.69, 9.17) is 26.1 Å². The second-order valence-electron chi connectivity index (χ2n) is 12.4. The van der Waals surface area contributed by atoms with Crippen molar-refractivity contribution in [1.29, 1.82) is 0 Å². The van der Waals surface area contributed by atoms with Gasteiger partial charge in [-0.25, -0.2) is 14.6 Å². The molecule has 0 bridgehead atoms. The Labute approximate surface area is 274 Å². The van der Waals surface area contributed by atoms with Crippen molar-refractivity contribution < 1.29 is 19.1 Å². The van der Waals surface area contributed by atoms with Crippen LogP contribution in [0.2, 0.25) is 5.02 Å². The van der Waals surface area contributed by atoms with Crippen LogP contribution in [0, 0.1) is 6.92 Å². The Hall–Kier alpha value is -4.94. The van der Waals surface area contributed by atoms with Crippen molar-refractivity contribution >= 4 is 29.3 Å². The number of aryl methyl sites for hydroxylation is 2. The molecular formula is C34H33ClN6O6. The SMILES string of the molecule is COc1nc(-c2cccc(-c3cccc(NC(=O)c4cn(C)c(=O)n(C)c4=O)c3C)c2Cl)cc2c1[C@@H](N1CC3(CNC(=O)O3)C1)CC2. The van der Waals surface area contributed by atoms with Crippen LogP contribution in [-0.2, 0) is 25.3 Å². The first-order valence-corrected chi connectivity index (χ1v) is 15.6. The average Bonchev–Trinajstić information content (AvgIpc) is 3.65. The predicted octanol–water partition coefficient (Wildman–Crippen LogP) is 3.82. The van der Waals surface area contributed by atoms with Crippen molar-refractivity contribution in [3.8, 4) is 28.3 Å². The quantitative estimate of drug-likeness (QED) is 0.320. The molecule has 2 amide bonds. The Morgan fingerprint density at radius 3 is 2.55 bits per heavy atom. The van der Waals surface area contributed by atoms with Crippen LogP contribution in [0.25, 0.3) is 22.4 Å². The van der Waals surface area contributed by atoms with Gasteiger partial charge in [-0.1, -0.05) is 41.9 Å². The van der Waals surface area contributed by atoms with E-state index < -0.39 is 22.8 Å². The second-order valence-corrected chi connectivity index (χ2v) is 12.8. The molecule has 13 heteroatoms. The number of benzene rings is 2. The smallest absolute Gasteiger partial charge is 0.407 e. The molecule has 242 valence electrons. The number of amides is 2. The van der Waals surface area contributed by atoms with Gasteiger partial charge >= 0.3 is 11.8 Å². The van der Waals surface area contributed by atoms with Crippen molar-refractivity contribution in [2.24, 2.45) is 14.1 Å². The average molecular weight is 657 g/mol. The molecule has 1 aliphatic carbocycles. The van der Waals surface area contributed by atoms with Crippen molar-refractivity contribution in [3.05, 3.63) is 96.8 Å². The maximum atomic E-state index is 13.2. The largest absolute Gasteiger partial charge is 0.481 e. The Morgan fingerprint density at radius 1 is 1.11 bits per heavy atom. The van der Waals surface area contributed by atoms with Crippen LogP contribution in [0.4, 0.5) is 10.5 Å². The zero-order valence-electron chi connectivity index (χ0n) is 26.3. The molecule has 2 fully saturated rings. The normalized spacial score (nSPS) is 18.0. The summed E-state index contributed by atoms with van der Waals surface area (Å²) >= 11 is 7.11. The maximum absolute atomic E-state index is 13.2. The number of nitrogens with zero attached hydrogens (tertiary/aromatic N) is 4. The molecule has 0 unspecified atom stereocenters. The van der Waals surface area contributed by atoms with Crippen molar-refractivity contribution in [3.63, 3.8) is 0 Å². The first-order valence-electron chi connectivity index (χ1n) is 15.3. The number of fused-ring (bicyclic) bond motifs is 1. The molecule has 12 nitrogen and oxygen atoms in total. The highest BCUT2D eigenvalue weighted by Crippen LogP contribution is 2.47. The van der Waals surface area contributed by atoms with E-state index in [2.05, 4.69) is 21.6 Å². The van der Waals surface area contributed by atoms with E-state index >= 15 is 0 Å². The highest BCUT2D eigenvalue weighted by Gasteiger charge is 2.53. The van der Waals surface area contributed by atoms with Gasteiger partial charge in [0.15, 0.2) is 5.60 Å². The fourth-order valence-electron chi connectivity index (χ4n) is 6.99. The van der Waals surface area contributed by atoms with Crippen LogP contribution in [-0.4, -0.2) is 63.4 Å². The summed E-state index contributed by atoms with van der Waals surface area (Å²) in [5.74, 6) is -0.0715. The third kappa shape index (κ3) is 5.08. The van der Waals surface area contributed by atoms with Crippen LogP contribution < -0.4 is 26.6 Å². The number of aromatic nitrogens is 3. The molecule has 2 aliphatic heterocycles. The second kappa shape index (κ2) is 11.4. The molecule has 2 aromatic heterocycles. The molecule has 1 spiro atoms. The van der Waals surface area contributed by atoms with Gasteiger partial charge in [0.25, 0.3) is 11.5 Å². The van der Waals surface area contributed by atoms with Gasteiger partial charge in [0.2, 0.25) is 5.88 Å². The minimum absolute atomic E-state index is 0.120. The van der Waals surface area contributed by atoms with Crippen molar-refractivity contribution in [2.45, 2.75) is 31.4 Å². The molecule has 2 aromatic carbocycles. The summed E-state index contributed by atoms with van der Waals surface area (Å²) in [6, 6.07) is 13.4. The van der Waals surface area contributed by atoms with Crippen LogP contribution in [0.3, 0.4) is 0 Å². The third-order valence-corrected chi connectivity index (χ3v) is 9.86. The zero-order chi connectivity index (χ0) is 33.2. The Kier molecular flexibility index (Phi) is 7.44. The molecule has 2 N–H and O–H groups in total. The van der Waals surface area contributed by atoms with E-state index in [1.54, 1.807) is 19.2 Å². The standard InChI is InChI=1S/C34H33ClN6O6/c1-18-20(7-6-10-24(18)37-29(42)23-14-39(2)33(45)40(3)31(23)43)21-8-5-9-22(28(21)35)25-13-19-11-12-26(27(19)30(38-25)46-4)41-16-34(17-41)15-36-32(44)47-34/h5-10,13-14,26H,11-12,15-17H2,1-4H3,(H,36,44)(H,37,42)/t26-/m0/s1. The number of likely N-dealkylation sites (tertiary alicyclic amines) is 1. The lowest BCUT2D eigenvalue weighted by molar-refractivity contribution is -0.0925. The van der Waals surface area contributed by atoms with Crippen LogP contribution >= 0.6 is 11.6 Å². The number of ether oxygens (including phenoxy) is 2. The van der Waals surface area contributed by atoms with E-state index in [-0.39, 0.29) is 17.7 Å². The Morgan fingerprint density at radius 2 is 1.83 bits per heavy atom. The van der Waals surface area contributed by atoms with Gasteiger partial charge in [-0.05, 0) is 48.6 Å². The minimum atomic E-state index is -0.677. The van der Waals surface area contributed by atoms with Crippen LogP contribution in [0.15, 0.2) is 58.3 Å². The van der Waals surface area contributed by atoms with Gasteiger partial charge in [-0.2, -0.15) is 0 Å². The minimum Gasteiger partial charge on any atom is -0.481 e. The maximum Gasteiger partial charge on any atom is 0.407 e. The number of hydrogen-bond acceptors (Lipinski definition) is 8. The fourth-order valence-corrected chi connectivity index (χ4v) is 7.31. The van der Waals surface area contributed by atoms with E-state index in [0.717, 1.165) is 50.8 Å². The first kappa shape index (κ1) is 30.7. The number of methoxy groups -OCH3 is 1. The van der Waals surface area contributed by atoms with Crippen LogP contribution in [0.5, 0.6) is 5.88 Å². The van der Waals surface area contributed by atoms with Crippen molar-refractivity contribution in [2.75, 3.05) is 32.1 Å². The number of carbonyl (C=O) groups is 2. The summed E-state index contributed by atoms with van der Waals surface area (Å²) in [5.41, 5.74) is 4.64. The number of hydrogen-bond donors (Lipinski definition) is 2. The molecule has 3 aliphatic rings. The topological polar surface area (TPSA) is 137 Å². The van der Waals surface area contributed by atoms with E-state index in [9.17, 15) is 19.2 Å². The molecule has 47 heavy (non-hydrogen) atoms. The lowest BCUT2D eigenvalue weighted by Gasteiger charge is -2.48. The monoisotopic (exact) mass is 656 g/mol. The number of pyridine rings is 1. The van der Waals surface area contributed by atoms with Gasteiger partial charge in [0.1, 0.15) is 5.56 Å². The van der Waals surface area contributed by atoms with Gasteiger partial charge in [-0.15, -0.1) is 0 Å². The molecule has 0 saturated carbocycles. The number of halogens is 1. The lowest BCUT2D eigenvalue weighted by Crippen LogP contribution is -2.64. The first-order chi connectivity index (χ1) is 22.5. The van der Waals surface area contributed by atoms with Gasteiger partial charge < -0.3 is 24.7 Å². The van der Waals surface area contributed by atoms with Gasteiger partial charge in [0.05, 0.1) is 24.4 Å². The summed E-state index contributed by atoms with van der Waals surface area (Å²) in [6.07, 6.45) is 2.64. The van der Waals surface area contributed by atoms with E-state index in [1.807, 2.05) is 31.2 Å². The molecular weight excluding hydrogens is 624 g/mol. The number of carbonyl (C=O) groups excluding carboxylic acids is 2. The number of nitrogens with one attached hydrogen (secondary N) is 2. The van der Waals surface area contributed by atoms with Gasteiger partial charge in [0, 0.05) is 61.8 Å². The van der Waals surface area contributed by atoms with Gasteiger partial charge in [-0.3, -0.25) is 19.1 Å². The summed E-state index contributed by atoms with van der Waals surface area (Å²) in [5, 5.41) is 6.09. The number of rotatable bonds is 6. The molecule has 1 atom stereocenters. The lowest BCUT2D eigenvalue weighted by atomic mass is 9.91. The summed E-state index contributed by atoms with van der Waals surface area (Å²) in [7, 11) is 4.44. The zero-order valence-corrected chi connectivity index (χ0v) is 27.1. The number of alkyl carbamates (subject to hydrolysis) is 1. The Balaban J connectivity index is 1.18. The molecule has 0 radical (unpaired) electrons. The third-order valence-electron chi connectivity index (χ3n) is 9.45. The highest BCUT2D eigenvalue weighted by molar-refractivity contribution is 6.36. The summed E-state index contributed by atoms with van der Waals surface area (Å²) in [4.78, 5) is 56.8. The molecule has 4 heterocycles. The highest BCUT2D eigenvalue weighted by atomic mass is 35.5. The molecule has 4 aromatic rings. The molecule has 2 saturated heterocycles. The predicted molar refractivity (Wildman–Crippen MR) is 176 cm³/mol. The fraction of sp³-hybridized carbons (Fsp3) is 0.324. The Bertz CT molecular complexity index is 2100. The van der Waals surface area contributed by atoms with E-state index in [0.29, 0.717) is 41.9 Å². The van der Waals surface area contributed by atoms with E-state index in [1.165, 1.54) is 24.9 Å². The summed E-state index contributed by atoms with van der Waals surface area (Å²) < 4.78 is 13.5. The van der Waals surface area contributed by atoms with Crippen molar-refractivity contribution in [1.82, 2.24) is 24.3 Å². The molecule has 7 rings (SSSR count). The van der Waals surface area contributed by atoms with Crippen LogP contribution in [0.1, 0.15) is 39.5 Å². The number of anilines is 1. The summed E-state index contributed by atoms with van der Waals surface area (Å²) in [6.45, 7) is 3.71.